The summed E-state index contributed by atoms with van der Waals surface area (Å²) >= 11 is 0. The Hall–Kier alpha value is -1.40. The smallest absolute Gasteiger partial charge is 0.307 e. The van der Waals surface area contributed by atoms with Gasteiger partial charge in [-0.2, -0.15) is 0 Å². The Morgan fingerprint density at radius 3 is 2.25 bits per heavy atom. The first-order valence-corrected chi connectivity index (χ1v) is 7.21. The third kappa shape index (κ3) is 2.45. The van der Waals surface area contributed by atoms with Crippen molar-refractivity contribution in [2.45, 2.75) is 12.8 Å². The minimum Gasteiger partial charge on any atom is -0.481 e. The summed E-state index contributed by atoms with van der Waals surface area (Å²) < 4.78 is 5.24. The highest BCUT2D eigenvalue weighted by atomic mass is 16.5. The van der Waals surface area contributed by atoms with E-state index in [1.54, 1.807) is 0 Å². The van der Waals surface area contributed by atoms with Crippen LogP contribution in [0.4, 0.5) is 0 Å². The van der Waals surface area contributed by atoms with Crippen LogP contribution in [0.5, 0.6) is 0 Å². The van der Waals surface area contributed by atoms with Crippen molar-refractivity contribution in [3.05, 3.63) is 12.2 Å². The molecule has 0 spiro atoms. The second kappa shape index (κ2) is 5.54. The Bertz CT molecular complexity index is 431. The molecule has 4 rings (SSSR count). The lowest BCUT2D eigenvalue weighted by Crippen LogP contribution is -2.55. The summed E-state index contributed by atoms with van der Waals surface area (Å²) in [6.45, 7) is 2.50. The molecule has 1 aliphatic heterocycles. The molecule has 3 aliphatic carbocycles. The molecule has 1 amide bonds. The predicted octanol–water partition coefficient (Wildman–Crippen LogP) is 0.263. The number of carboxylic acids is 1. The van der Waals surface area contributed by atoms with Gasteiger partial charge in [-0.05, 0) is 24.7 Å². The van der Waals surface area contributed by atoms with Crippen molar-refractivity contribution in [2.24, 2.45) is 23.7 Å². The lowest BCUT2D eigenvalue weighted by atomic mass is 9.62. The average molecular weight is 280 g/mol. The van der Waals surface area contributed by atoms with Gasteiger partial charge in [0.15, 0.2) is 0 Å². The molecule has 1 saturated heterocycles. The van der Waals surface area contributed by atoms with E-state index in [1.807, 2.05) is 17.2 Å². The first-order chi connectivity index (χ1) is 9.66. The number of rotatable bonds is 3. The largest absolute Gasteiger partial charge is 0.481 e. The molecule has 2 N–H and O–H groups in total. The van der Waals surface area contributed by atoms with E-state index in [1.165, 1.54) is 0 Å². The fourth-order valence-electron chi connectivity index (χ4n) is 3.59. The number of aliphatic carboxylic acids is 1. The van der Waals surface area contributed by atoms with Gasteiger partial charge in [0.2, 0.25) is 5.91 Å². The maximum absolute atomic E-state index is 12.5. The van der Waals surface area contributed by atoms with E-state index in [9.17, 15) is 14.7 Å². The normalized spacial score (nSPS) is 36.8. The summed E-state index contributed by atoms with van der Waals surface area (Å²) in [5, 5.41) is 11.3. The molecule has 20 heavy (non-hydrogen) atoms. The van der Waals surface area contributed by atoms with Crippen LogP contribution < -0.4 is 5.43 Å². The monoisotopic (exact) mass is 280 g/mol. The number of allylic oxidation sites excluding steroid dienone is 2. The molecular weight excluding hydrogens is 260 g/mol. The lowest BCUT2D eigenvalue weighted by molar-refractivity contribution is -0.155. The van der Waals surface area contributed by atoms with Gasteiger partial charge in [-0.1, -0.05) is 12.2 Å². The number of hydrazine groups is 1. The molecular formula is C14H20N2O4. The number of carbonyl (C=O) groups is 2. The quantitative estimate of drug-likeness (QED) is 0.725. The Morgan fingerprint density at radius 1 is 1.10 bits per heavy atom. The zero-order valence-electron chi connectivity index (χ0n) is 11.3. The van der Waals surface area contributed by atoms with Gasteiger partial charge in [-0.15, -0.1) is 0 Å². The number of amides is 1. The predicted molar refractivity (Wildman–Crippen MR) is 70.5 cm³/mol. The maximum Gasteiger partial charge on any atom is 0.307 e. The van der Waals surface area contributed by atoms with E-state index in [4.69, 9.17) is 4.74 Å². The number of hydrogen-bond donors (Lipinski definition) is 2. The third-order valence-electron chi connectivity index (χ3n) is 4.62. The van der Waals surface area contributed by atoms with Gasteiger partial charge in [-0.3, -0.25) is 15.0 Å². The van der Waals surface area contributed by atoms with Crippen molar-refractivity contribution in [1.29, 1.82) is 0 Å². The summed E-state index contributed by atoms with van der Waals surface area (Å²) in [4.78, 5) is 24.0. The van der Waals surface area contributed by atoms with E-state index >= 15 is 0 Å². The number of fused-ring (bicyclic) bond motifs is 2. The highest BCUT2D eigenvalue weighted by Crippen LogP contribution is 2.45. The van der Waals surface area contributed by atoms with Gasteiger partial charge in [0.1, 0.15) is 0 Å². The standard InChI is InChI=1S/C14H20N2O4/c17-13(15-16-5-7-20-8-6-16)11-9-1-3-10(4-2-9)12(11)14(18)19/h1,3,9-12H,2,4-8H2,(H,15,17)(H,18,19)/t9-,10-,11+,12-/m0/s1. The van der Waals surface area contributed by atoms with E-state index in [0.29, 0.717) is 26.3 Å². The Morgan fingerprint density at radius 2 is 1.70 bits per heavy atom. The lowest BCUT2D eigenvalue weighted by Gasteiger charge is -2.42. The second-order valence-electron chi connectivity index (χ2n) is 5.76. The number of nitrogens with one attached hydrogen (secondary N) is 1. The highest BCUT2D eigenvalue weighted by molar-refractivity contribution is 5.86. The fourth-order valence-corrected chi connectivity index (χ4v) is 3.59. The molecule has 2 bridgehead atoms. The molecule has 2 fully saturated rings. The number of hydrogen-bond acceptors (Lipinski definition) is 4. The van der Waals surface area contributed by atoms with Crippen LogP contribution in [-0.4, -0.2) is 48.3 Å². The SMILES string of the molecule is O=C(O)[C@@H]1[C@H](C(=O)NN2CCOCC2)[C@H]2C=C[C@H]1CC2. The second-order valence-corrected chi connectivity index (χ2v) is 5.76. The summed E-state index contributed by atoms with van der Waals surface area (Å²) in [5.41, 5.74) is 2.88. The average Bonchev–Trinajstić information content (AvgIpc) is 2.48. The van der Waals surface area contributed by atoms with Crippen molar-refractivity contribution in [3.63, 3.8) is 0 Å². The summed E-state index contributed by atoms with van der Waals surface area (Å²) in [5.74, 6) is -1.98. The molecule has 110 valence electrons. The molecule has 0 aromatic rings. The minimum atomic E-state index is -0.855. The van der Waals surface area contributed by atoms with Crippen LogP contribution >= 0.6 is 0 Å². The Kier molecular flexibility index (Phi) is 3.76. The minimum absolute atomic E-state index is 0.00191. The van der Waals surface area contributed by atoms with Gasteiger partial charge < -0.3 is 9.84 Å². The van der Waals surface area contributed by atoms with Crippen LogP contribution in [0.3, 0.4) is 0 Å². The summed E-state index contributed by atoms with van der Waals surface area (Å²) in [6, 6.07) is 0. The zero-order valence-corrected chi connectivity index (χ0v) is 11.3. The Labute approximate surface area is 117 Å². The van der Waals surface area contributed by atoms with Gasteiger partial charge >= 0.3 is 5.97 Å². The molecule has 0 aromatic heterocycles. The van der Waals surface area contributed by atoms with Crippen molar-refractivity contribution < 1.29 is 19.4 Å². The van der Waals surface area contributed by atoms with Crippen LogP contribution in [0.15, 0.2) is 12.2 Å². The molecule has 4 atom stereocenters. The van der Waals surface area contributed by atoms with Crippen molar-refractivity contribution in [2.75, 3.05) is 26.3 Å². The summed E-state index contributed by atoms with van der Waals surface area (Å²) in [7, 11) is 0. The number of nitrogens with zero attached hydrogens (tertiary/aromatic N) is 1. The molecule has 0 radical (unpaired) electrons. The van der Waals surface area contributed by atoms with Crippen molar-refractivity contribution in [1.82, 2.24) is 10.4 Å². The first kappa shape index (κ1) is 13.6. The molecule has 6 nitrogen and oxygen atoms in total. The van der Waals surface area contributed by atoms with Crippen molar-refractivity contribution >= 4 is 11.9 Å². The van der Waals surface area contributed by atoms with Crippen LogP contribution in [0.25, 0.3) is 0 Å². The third-order valence-corrected chi connectivity index (χ3v) is 4.62. The molecule has 1 heterocycles. The van der Waals surface area contributed by atoms with Crippen LogP contribution in [0.1, 0.15) is 12.8 Å². The van der Waals surface area contributed by atoms with Gasteiger partial charge in [0.25, 0.3) is 0 Å². The molecule has 4 aliphatic rings. The molecule has 0 aromatic carbocycles. The molecule has 6 heteroatoms. The number of ether oxygens (including phenoxy) is 1. The van der Waals surface area contributed by atoms with Gasteiger partial charge in [0.05, 0.1) is 25.0 Å². The first-order valence-electron chi connectivity index (χ1n) is 7.21. The van der Waals surface area contributed by atoms with E-state index in [0.717, 1.165) is 12.8 Å². The van der Waals surface area contributed by atoms with Crippen LogP contribution in [0, 0.1) is 23.7 Å². The summed E-state index contributed by atoms with van der Waals surface area (Å²) in [6.07, 6.45) is 5.79. The van der Waals surface area contributed by atoms with E-state index < -0.39 is 17.8 Å². The van der Waals surface area contributed by atoms with Crippen LogP contribution in [0.2, 0.25) is 0 Å². The van der Waals surface area contributed by atoms with Crippen LogP contribution in [-0.2, 0) is 14.3 Å². The van der Waals surface area contributed by atoms with Gasteiger partial charge in [0, 0.05) is 13.1 Å². The highest BCUT2D eigenvalue weighted by Gasteiger charge is 2.48. The molecule has 1 saturated carbocycles. The van der Waals surface area contributed by atoms with Gasteiger partial charge in [-0.25, -0.2) is 5.01 Å². The van der Waals surface area contributed by atoms with Crippen molar-refractivity contribution in [3.8, 4) is 0 Å². The van der Waals surface area contributed by atoms with E-state index in [-0.39, 0.29) is 17.7 Å². The topological polar surface area (TPSA) is 78.9 Å². The number of morpholine rings is 1. The molecule has 0 unspecified atom stereocenters. The van der Waals surface area contributed by atoms with E-state index in [2.05, 4.69) is 5.43 Å². The Balaban J connectivity index is 1.71. The number of carbonyl (C=O) groups excluding carboxylic acids is 1. The fraction of sp³-hybridized carbons (Fsp3) is 0.714. The number of carboxylic acid groups (broad SMARTS) is 1. The maximum atomic E-state index is 12.5. The zero-order chi connectivity index (χ0) is 14.1.